The molecular weight excluding hydrogens is 276 g/mol. The third-order valence-corrected chi connectivity index (χ3v) is 3.90. The van der Waals surface area contributed by atoms with Gasteiger partial charge in [0.25, 0.3) is 0 Å². The van der Waals surface area contributed by atoms with Crippen LogP contribution in [0.5, 0.6) is 0 Å². The van der Waals surface area contributed by atoms with E-state index in [-0.39, 0.29) is 18.6 Å². The quantitative estimate of drug-likeness (QED) is 0.730. The van der Waals surface area contributed by atoms with Gasteiger partial charge >= 0.3 is 12.0 Å². The van der Waals surface area contributed by atoms with E-state index in [4.69, 9.17) is 9.47 Å². The minimum absolute atomic E-state index is 0.0237. The van der Waals surface area contributed by atoms with E-state index < -0.39 is 11.4 Å². The van der Waals surface area contributed by atoms with E-state index in [1.807, 2.05) is 13.8 Å². The zero-order valence-electron chi connectivity index (χ0n) is 13.1. The number of aliphatic carboxylic acids is 1. The average molecular weight is 302 g/mol. The van der Waals surface area contributed by atoms with Gasteiger partial charge in [0.15, 0.2) is 0 Å². The number of urea groups is 1. The minimum atomic E-state index is -0.919. The Bertz CT molecular complexity index is 353. The number of carboxylic acids is 1. The lowest BCUT2D eigenvalue weighted by molar-refractivity contribution is -0.154. The van der Waals surface area contributed by atoms with Crippen molar-refractivity contribution in [2.45, 2.75) is 32.7 Å². The van der Waals surface area contributed by atoms with Crippen molar-refractivity contribution in [2.24, 2.45) is 5.41 Å². The molecule has 7 heteroatoms. The fourth-order valence-corrected chi connectivity index (χ4v) is 2.36. The van der Waals surface area contributed by atoms with Crippen molar-refractivity contribution in [1.82, 2.24) is 10.2 Å². The zero-order chi connectivity index (χ0) is 15.9. The predicted molar refractivity (Wildman–Crippen MR) is 77.2 cm³/mol. The summed E-state index contributed by atoms with van der Waals surface area (Å²) in [5, 5.41) is 12.2. The third-order valence-electron chi connectivity index (χ3n) is 3.90. The van der Waals surface area contributed by atoms with Crippen molar-refractivity contribution in [3.63, 3.8) is 0 Å². The summed E-state index contributed by atoms with van der Waals surface area (Å²) in [6.45, 7) is 5.71. The van der Waals surface area contributed by atoms with Crippen LogP contribution in [0.25, 0.3) is 0 Å². The monoisotopic (exact) mass is 302 g/mol. The van der Waals surface area contributed by atoms with Crippen LogP contribution in [0.2, 0.25) is 0 Å². The highest BCUT2D eigenvalue weighted by molar-refractivity contribution is 5.78. The van der Waals surface area contributed by atoms with Crippen LogP contribution in [0.3, 0.4) is 0 Å². The fourth-order valence-electron chi connectivity index (χ4n) is 2.36. The summed E-state index contributed by atoms with van der Waals surface area (Å²) in [6.07, 6.45) is 0.838. The molecular formula is C14H26N2O5. The molecule has 1 saturated heterocycles. The van der Waals surface area contributed by atoms with E-state index in [0.29, 0.717) is 39.2 Å². The van der Waals surface area contributed by atoms with E-state index >= 15 is 0 Å². The predicted octanol–water partition coefficient (Wildman–Crippen LogP) is 0.934. The van der Waals surface area contributed by atoms with Gasteiger partial charge in [0.2, 0.25) is 0 Å². The molecule has 0 unspecified atom stereocenters. The zero-order valence-corrected chi connectivity index (χ0v) is 13.1. The number of carbonyl (C=O) groups excluding carboxylic acids is 1. The Labute approximate surface area is 125 Å². The number of amides is 2. The molecule has 1 heterocycles. The van der Waals surface area contributed by atoms with Gasteiger partial charge in [-0.3, -0.25) is 4.79 Å². The molecule has 1 fully saturated rings. The summed E-state index contributed by atoms with van der Waals surface area (Å²) in [4.78, 5) is 25.4. The van der Waals surface area contributed by atoms with Crippen molar-refractivity contribution >= 4 is 12.0 Å². The van der Waals surface area contributed by atoms with Crippen LogP contribution in [-0.4, -0.2) is 68.1 Å². The van der Waals surface area contributed by atoms with Gasteiger partial charge in [-0.05, 0) is 26.7 Å². The van der Waals surface area contributed by atoms with E-state index in [1.54, 1.807) is 12.0 Å². The lowest BCUT2D eigenvalue weighted by Crippen LogP contribution is -2.51. The Morgan fingerprint density at radius 1 is 1.38 bits per heavy atom. The van der Waals surface area contributed by atoms with Gasteiger partial charge in [0, 0.05) is 39.5 Å². The Kier molecular flexibility index (Phi) is 6.91. The summed E-state index contributed by atoms with van der Waals surface area (Å²) in [7, 11) is 1.58. The van der Waals surface area contributed by atoms with Crippen LogP contribution >= 0.6 is 0 Å². The second-order valence-electron chi connectivity index (χ2n) is 5.64. The summed E-state index contributed by atoms with van der Waals surface area (Å²) in [5.74, 6) is -0.876. The lowest BCUT2D eigenvalue weighted by Gasteiger charge is -2.34. The van der Waals surface area contributed by atoms with Gasteiger partial charge in [-0.15, -0.1) is 0 Å². The molecule has 0 radical (unpaired) electrons. The second-order valence-corrected chi connectivity index (χ2v) is 5.64. The Balaban J connectivity index is 2.61. The van der Waals surface area contributed by atoms with Gasteiger partial charge < -0.3 is 24.8 Å². The molecule has 0 spiro atoms. The Morgan fingerprint density at radius 3 is 2.48 bits per heavy atom. The molecule has 0 aliphatic carbocycles. The molecule has 2 N–H and O–H groups in total. The number of carboxylic acid groups (broad SMARTS) is 1. The second kappa shape index (κ2) is 8.19. The number of rotatable bonds is 7. The van der Waals surface area contributed by atoms with Gasteiger partial charge in [0.05, 0.1) is 12.0 Å². The first kappa shape index (κ1) is 17.7. The molecule has 0 saturated carbocycles. The molecule has 21 heavy (non-hydrogen) atoms. The molecule has 0 aromatic heterocycles. The number of methoxy groups -OCH3 is 1. The fraction of sp³-hybridized carbons (Fsp3) is 0.857. The number of nitrogens with one attached hydrogen (secondary N) is 1. The first-order valence-corrected chi connectivity index (χ1v) is 7.27. The number of ether oxygens (including phenoxy) is 2. The van der Waals surface area contributed by atoms with E-state index in [1.165, 1.54) is 0 Å². The van der Waals surface area contributed by atoms with Crippen LogP contribution in [0, 0.1) is 5.41 Å². The summed E-state index contributed by atoms with van der Waals surface area (Å²) in [6, 6.07) is -0.232. The van der Waals surface area contributed by atoms with Crippen LogP contribution in [0.4, 0.5) is 4.79 Å². The van der Waals surface area contributed by atoms with Gasteiger partial charge in [0.1, 0.15) is 0 Å². The summed E-state index contributed by atoms with van der Waals surface area (Å²) < 4.78 is 10.2. The van der Waals surface area contributed by atoms with E-state index in [0.717, 1.165) is 0 Å². The minimum Gasteiger partial charge on any atom is -0.481 e. The smallest absolute Gasteiger partial charge is 0.317 e. The highest BCUT2D eigenvalue weighted by atomic mass is 16.5. The topological polar surface area (TPSA) is 88.1 Å². The van der Waals surface area contributed by atoms with E-state index in [9.17, 15) is 14.7 Å². The molecule has 0 atom stereocenters. The highest BCUT2D eigenvalue weighted by Gasteiger charge is 2.40. The SMILES string of the molecule is COCCN(C(=O)NCC1(C(=O)O)CCOCC1)C(C)C. The van der Waals surface area contributed by atoms with Crippen LogP contribution in [0.15, 0.2) is 0 Å². The van der Waals surface area contributed by atoms with Crippen molar-refractivity contribution in [1.29, 1.82) is 0 Å². The van der Waals surface area contributed by atoms with Gasteiger partial charge in [-0.1, -0.05) is 0 Å². The molecule has 2 amide bonds. The standard InChI is InChI=1S/C14H26N2O5/c1-11(2)16(6-9-20-3)13(19)15-10-14(12(17)18)4-7-21-8-5-14/h11H,4-10H2,1-3H3,(H,15,19)(H,17,18). The highest BCUT2D eigenvalue weighted by Crippen LogP contribution is 2.30. The van der Waals surface area contributed by atoms with Crippen molar-refractivity contribution in [3.05, 3.63) is 0 Å². The first-order chi connectivity index (χ1) is 9.93. The Morgan fingerprint density at radius 2 is 2.00 bits per heavy atom. The van der Waals surface area contributed by atoms with Crippen LogP contribution in [-0.2, 0) is 14.3 Å². The Hall–Kier alpha value is -1.34. The number of nitrogens with zero attached hydrogens (tertiary/aromatic N) is 1. The van der Waals surface area contributed by atoms with Crippen molar-refractivity contribution < 1.29 is 24.2 Å². The molecule has 1 aliphatic heterocycles. The molecule has 7 nitrogen and oxygen atoms in total. The lowest BCUT2D eigenvalue weighted by atomic mass is 9.80. The number of hydrogen-bond donors (Lipinski definition) is 2. The molecule has 1 aliphatic rings. The molecule has 122 valence electrons. The average Bonchev–Trinajstić information content (AvgIpc) is 2.46. The van der Waals surface area contributed by atoms with Gasteiger partial charge in [-0.25, -0.2) is 4.79 Å². The maximum Gasteiger partial charge on any atom is 0.317 e. The largest absolute Gasteiger partial charge is 0.481 e. The molecule has 0 aromatic rings. The maximum absolute atomic E-state index is 12.2. The first-order valence-electron chi connectivity index (χ1n) is 7.27. The molecule has 1 rings (SSSR count). The molecule has 0 bridgehead atoms. The van der Waals surface area contributed by atoms with E-state index in [2.05, 4.69) is 5.32 Å². The van der Waals surface area contributed by atoms with Crippen LogP contribution < -0.4 is 5.32 Å². The maximum atomic E-state index is 12.2. The van der Waals surface area contributed by atoms with Crippen molar-refractivity contribution in [3.8, 4) is 0 Å². The third kappa shape index (κ3) is 4.86. The van der Waals surface area contributed by atoms with Crippen molar-refractivity contribution in [2.75, 3.05) is 40.0 Å². The summed E-state index contributed by atoms with van der Waals surface area (Å²) >= 11 is 0. The van der Waals surface area contributed by atoms with Gasteiger partial charge in [-0.2, -0.15) is 0 Å². The number of hydrogen-bond acceptors (Lipinski definition) is 4. The molecule has 0 aromatic carbocycles. The summed E-state index contributed by atoms with van der Waals surface area (Å²) in [5.41, 5.74) is -0.919. The number of carbonyl (C=O) groups is 2. The van der Waals surface area contributed by atoms with Crippen LogP contribution in [0.1, 0.15) is 26.7 Å². The normalized spacial score (nSPS) is 17.5.